The Hall–Kier alpha value is -2.10. The largest absolute Gasteiger partial charge is 0.320 e. The molecule has 1 aromatic carbocycles. The first-order chi connectivity index (χ1) is 9.15. The summed E-state index contributed by atoms with van der Waals surface area (Å²) in [6, 6.07) is 7.57. The first kappa shape index (κ1) is 12.0. The van der Waals surface area contributed by atoms with Gasteiger partial charge in [0.2, 0.25) is 0 Å². The number of rotatable bonds is 3. The highest BCUT2D eigenvalue weighted by Gasteiger charge is 2.22. The predicted octanol–water partition coefficient (Wildman–Crippen LogP) is 1.72. The molecule has 1 aliphatic carbocycles. The Morgan fingerprint density at radius 2 is 1.95 bits per heavy atom. The number of hydrogen-bond acceptors (Lipinski definition) is 2. The maximum atomic E-state index is 12.1. The van der Waals surface area contributed by atoms with E-state index in [4.69, 9.17) is 0 Å². The Morgan fingerprint density at radius 3 is 2.63 bits per heavy atom. The minimum Gasteiger partial charge on any atom is -0.309 e. The van der Waals surface area contributed by atoms with Crippen LogP contribution in [0.4, 0.5) is 0 Å². The van der Waals surface area contributed by atoms with Gasteiger partial charge in [-0.25, -0.2) is 0 Å². The number of benzene rings is 1. The van der Waals surface area contributed by atoms with Gasteiger partial charge in [0, 0.05) is 24.6 Å². The lowest BCUT2D eigenvalue weighted by atomic mass is 10.2. The molecule has 0 spiro atoms. The van der Waals surface area contributed by atoms with Crippen molar-refractivity contribution >= 4 is 0 Å². The second kappa shape index (κ2) is 4.53. The fraction of sp³-hybridized carbons (Fsp3) is 0.333. The highest BCUT2D eigenvalue weighted by atomic mass is 16.2. The minimum atomic E-state index is -0.478. The fourth-order valence-corrected chi connectivity index (χ4v) is 2.21. The van der Waals surface area contributed by atoms with Crippen molar-refractivity contribution in [1.82, 2.24) is 9.13 Å². The van der Waals surface area contributed by atoms with Crippen molar-refractivity contribution in [1.29, 1.82) is 0 Å². The molecule has 98 valence electrons. The summed E-state index contributed by atoms with van der Waals surface area (Å²) in [5.41, 5.74) is 0.886. The molecule has 0 unspecified atom stereocenters. The zero-order valence-corrected chi connectivity index (χ0v) is 10.9. The normalized spacial score (nSPS) is 14.6. The van der Waals surface area contributed by atoms with E-state index in [2.05, 4.69) is 0 Å². The molecule has 4 nitrogen and oxygen atoms in total. The van der Waals surface area contributed by atoms with E-state index < -0.39 is 11.1 Å². The molecule has 2 aromatic rings. The van der Waals surface area contributed by atoms with Gasteiger partial charge in [0.05, 0.1) is 0 Å². The standard InChI is InChI=1S/C15H16N2O2/c1-11-3-2-4-13(9-11)17-8-7-16(10-12-5-6-12)14(18)15(17)19/h2-4,7-9,12H,5-6,10H2,1H3. The van der Waals surface area contributed by atoms with Crippen LogP contribution in [-0.4, -0.2) is 9.13 Å². The Kier molecular flexibility index (Phi) is 2.85. The predicted molar refractivity (Wildman–Crippen MR) is 73.8 cm³/mol. The summed E-state index contributed by atoms with van der Waals surface area (Å²) < 4.78 is 2.95. The van der Waals surface area contributed by atoms with Crippen LogP contribution in [0, 0.1) is 12.8 Å². The maximum absolute atomic E-state index is 12.1. The molecule has 4 heteroatoms. The van der Waals surface area contributed by atoms with Crippen molar-refractivity contribution in [3.8, 4) is 5.69 Å². The van der Waals surface area contributed by atoms with E-state index in [1.807, 2.05) is 31.2 Å². The Bertz CT molecular complexity index is 723. The van der Waals surface area contributed by atoms with Crippen LogP contribution >= 0.6 is 0 Å². The molecule has 19 heavy (non-hydrogen) atoms. The summed E-state index contributed by atoms with van der Waals surface area (Å²) in [5.74, 6) is 0.576. The van der Waals surface area contributed by atoms with Crippen molar-refractivity contribution in [3.05, 3.63) is 62.9 Å². The third-order valence-corrected chi connectivity index (χ3v) is 3.49. The molecular weight excluding hydrogens is 240 g/mol. The second-order valence-corrected chi connectivity index (χ2v) is 5.21. The number of aromatic nitrogens is 2. The lowest BCUT2D eigenvalue weighted by Crippen LogP contribution is -2.40. The van der Waals surface area contributed by atoms with Crippen LogP contribution in [0.1, 0.15) is 18.4 Å². The van der Waals surface area contributed by atoms with Crippen molar-refractivity contribution in [2.45, 2.75) is 26.3 Å². The van der Waals surface area contributed by atoms with E-state index in [9.17, 15) is 9.59 Å². The van der Waals surface area contributed by atoms with Gasteiger partial charge in [-0.2, -0.15) is 0 Å². The van der Waals surface area contributed by atoms with Gasteiger partial charge in [-0.05, 0) is 43.4 Å². The summed E-state index contributed by atoms with van der Waals surface area (Å²) in [6.07, 6.45) is 5.71. The summed E-state index contributed by atoms with van der Waals surface area (Å²) in [4.78, 5) is 24.2. The molecule has 1 aromatic heterocycles. The molecule has 1 fully saturated rings. The van der Waals surface area contributed by atoms with Gasteiger partial charge in [-0.3, -0.25) is 14.2 Å². The van der Waals surface area contributed by atoms with Gasteiger partial charge in [0.15, 0.2) is 0 Å². The Labute approximate surface area is 110 Å². The van der Waals surface area contributed by atoms with Crippen molar-refractivity contribution in [2.24, 2.45) is 5.92 Å². The molecule has 1 saturated carbocycles. The molecule has 0 aliphatic heterocycles. The lowest BCUT2D eigenvalue weighted by molar-refractivity contribution is 0.592. The molecule has 0 N–H and O–H groups in total. The monoisotopic (exact) mass is 256 g/mol. The number of nitrogens with zero attached hydrogens (tertiary/aromatic N) is 2. The second-order valence-electron chi connectivity index (χ2n) is 5.21. The lowest BCUT2D eigenvalue weighted by Gasteiger charge is -2.09. The molecule has 0 atom stereocenters. The van der Waals surface area contributed by atoms with Gasteiger partial charge in [0.1, 0.15) is 0 Å². The highest BCUT2D eigenvalue weighted by Crippen LogP contribution is 2.29. The van der Waals surface area contributed by atoms with Crippen LogP contribution in [0.25, 0.3) is 5.69 Å². The Morgan fingerprint density at radius 1 is 1.16 bits per heavy atom. The zero-order valence-electron chi connectivity index (χ0n) is 10.9. The van der Waals surface area contributed by atoms with E-state index in [1.165, 1.54) is 9.13 Å². The van der Waals surface area contributed by atoms with E-state index in [0.717, 1.165) is 24.1 Å². The van der Waals surface area contributed by atoms with Crippen LogP contribution in [-0.2, 0) is 6.54 Å². The van der Waals surface area contributed by atoms with Crippen molar-refractivity contribution in [3.63, 3.8) is 0 Å². The number of hydrogen-bond donors (Lipinski definition) is 0. The Balaban J connectivity index is 2.06. The minimum absolute atomic E-state index is 0.434. The van der Waals surface area contributed by atoms with Gasteiger partial charge in [0.25, 0.3) is 0 Å². The smallest absolute Gasteiger partial charge is 0.309 e. The fourth-order valence-electron chi connectivity index (χ4n) is 2.21. The van der Waals surface area contributed by atoms with Crippen LogP contribution in [0.2, 0.25) is 0 Å². The van der Waals surface area contributed by atoms with Crippen molar-refractivity contribution < 1.29 is 0 Å². The average molecular weight is 256 g/mol. The topological polar surface area (TPSA) is 44.0 Å². The van der Waals surface area contributed by atoms with Crippen LogP contribution in [0.5, 0.6) is 0 Å². The third-order valence-electron chi connectivity index (χ3n) is 3.49. The zero-order chi connectivity index (χ0) is 13.4. The molecule has 0 bridgehead atoms. The van der Waals surface area contributed by atoms with E-state index in [-0.39, 0.29) is 0 Å². The molecule has 0 radical (unpaired) electrons. The van der Waals surface area contributed by atoms with E-state index >= 15 is 0 Å². The summed E-state index contributed by atoms with van der Waals surface area (Å²) in [7, 11) is 0. The molecule has 1 heterocycles. The van der Waals surface area contributed by atoms with Gasteiger partial charge in [-0.1, -0.05) is 12.1 Å². The average Bonchev–Trinajstić information content (AvgIpc) is 3.19. The molecule has 3 rings (SSSR count). The van der Waals surface area contributed by atoms with Crippen molar-refractivity contribution in [2.75, 3.05) is 0 Å². The summed E-state index contributed by atoms with van der Waals surface area (Å²) in [6.45, 7) is 2.63. The third kappa shape index (κ3) is 2.38. The molecule has 0 amide bonds. The van der Waals surface area contributed by atoms with Gasteiger partial charge >= 0.3 is 11.1 Å². The molecule has 1 aliphatic rings. The first-order valence-corrected chi connectivity index (χ1v) is 6.54. The summed E-state index contributed by atoms with van der Waals surface area (Å²) in [5, 5.41) is 0. The highest BCUT2D eigenvalue weighted by molar-refractivity contribution is 5.35. The van der Waals surface area contributed by atoms with Crippen LogP contribution < -0.4 is 11.1 Å². The maximum Gasteiger partial charge on any atom is 0.320 e. The van der Waals surface area contributed by atoms with Gasteiger partial charge < -0.3 is 4.57 Å². The van der Waals surface area contributed by atoms with E-state index in [1.54, 1.807) is 12.4 Å². The van der Waals surface area contributed by atoms with Crippen LogP contribution in [0.15, 0.2) is 46.2 Å². The summed E-state index contributed by atoms with van der Waals surface area (Å²) >= 11 is 0. The first-order valence-electron chi connectivity index (χ1n) is 6.54. The molecular formula is C15H16N2O2. The molecule has 0 saturated heterocycles. The quantitative estimate of drug-likeness (QED) is 0.785. The van der Waals surface area contributed by atoms with Crippen LogP contribution in [0.3, 0.4) is 0 Å². The van der Waals surface area contributed by atoms with Gasteiger partial charge in [-0.15, -0.1) is 0 Å². The SMILES string of the molecule is Cc1cccc(-n2ccn(CC3CC3)c(=O)c2=O)c1. The van der Waals surface area contributed by atoms with E-state index in [0.29, 0.717) is 12.5 Å². The number of aryl methyl sites for hydroxylation is 1.